The molecule has 1 aliphatic rings. The molecule has 0 unspecified atom stereocenters. The molecule has 1 saturated carbocycles. The summed E-state index contributed by atoms with van der Waals surface area (Å²) in [6.07, 6.45) is -2.22. The summed E-state index contributed by atoms with van der Waals surface area (Å²) in [5.41, 5.74) is 0.656. The molecule has 0 saturated heterocycles. The maximum Gasteiger partial charge on any atom is 0.405 e. The summed E-state index contributed by atoms with van der Waals surface area (Å²) in [6.45, 7) is 2.71. The Balaban J connectivity index is 2.39. The van der Waals surface area contributed by atoms with E-state index in [0.29, 0.717) is 28.9 Å². The summed E-state index contributed by atoms with van der Waals surface area (Å²) in [5, 5.41) is 2.94. The smallest absolute Gasteiger partial charge is 0.373 e. The highest BCUT2D eigenvalue weighted by atomic mass is 19.4. The second-order valence-electron chi connectivity index (χ2n) is 5.03. The SMILES string of the molecule is CCN(CC(F)(F)F)c1nc(C2CC2)nc(NC)c1C. The maximum absolute atomic E-state index is 12.7. The molecule has 0 atom stereocenters. The minimum atomic E-state index is -4.24. The first-order valence-corrected chi connectivity index (χ1v) is 6.73. The number of nitrogens with zero attached hydrogens (tertiary/aromatic N) is 3. The van der Waals surface area contributed by atoms with E-state index in [9.17, 15) is 13.2 Å². The van der Waals surface area contributed by atoms with E-state index in [0.717, 1.165) is 12.8 Å². The van der Waals surface area contributed by atoms with Gasteiger partial charge in [-0.1, -0.05) is 0 Å². The number of rotatable bonds is 5. The molecule has 20 heavy (non-hydrogen) atoms. The molecule has 0 aliphatic heterocycles. The second-order valence-corrected chi connectivity index (χ2v) is 5.03. The topological polar surface area (TPSA) is 41.1 Å². The van der Waals surface area contributed by atoms with Gasteiger partial charge in [-0.2, -0.15) is 13.2 Å². The number of nitrogens with one attached hydrogen (secondary N) is 1. The Morgan fingerprint density at radius 3 is 2.40 bits per heavy atom. The van der Waals surface area contributed by atoms with Crippen molar-refractivity contribution < 1.29 is 13.2 Å². The highest BCUT2D eigenvalue weighted by Gasteiger charge is 2.33. The fourth-order valence-corrected chi connectivity index (χ4v) is 2.15. The number of halogens is 3. The van der Waals surface area contributed by atoms with Crippen LogP contribution in [0.1, 0.15) is 37.1 Å². The van der Waals surface area contributed by atoms with Gasteiger partial charge in [0.25, 0.3) is 0 Å². The molecule has 1 fully saturated rings. The van der Waals surface area contributed by atoms with Crippen LogP contribution in [-0.4, -0.2) is 36.3 Å². The van der Waals surface area contributed by atoms with Crippen molar-refractivity contribution >= 4 is 11.6 Å². The third-order valence-corrected chi connectivity index (χ3v) is 3.37. The van der Waals surface area contributed by atoms with Crippen molar-refractivity contribution in [2.75, 3.05) is 30.4 Å². The Morgan fingerprint density at radius 1 is 1.30 bits per heavy atom. The fourth-order valence-electron chi connectivity index (χ4n) is 2.15. The largest absolute Gasteiger partial charge is 0.405 e. The van der Waals surface area contributed by atoms with E-state index in [1.165, 1.54) is 4.90 Å². The van der Waals surface area contributed by atoms with Crippen LogP contribution in [0.3, 0.4) is 0 Å². The fraction of sp³-hybridized carbons (Fsp3) is 0.692. The van der Waals surface area contributed by atoms with E-state index in [1.807, 2.05) is 0 Å². The molecule has 112 valence electrons. The lowest BCUT2D eigenvalue weighted by Gasteiger charge is -2.26. The molecule has 0 amide bonds. The van der Waals surface area contributed by atoms with Gasteiger partial charge in [-0.25, -0.2) is 9.97 Å². The Labute approximate surface area is 116 Å². The number of anilines is 2. The Kier molecular flexibility index (Phi) is 4.06. The van der Waals surface area contributed by atoms with E-state index < -0.39 is 12.7 Å². The van der Waals surface area contributed by atoms with Gasteiger partial charge in [0.2, 0.25) is 0 Å². The van der Waals surface area contributed by atoms with Crippen LogP contribution < -0.4 is 10.2 Å². The minimum absolute atomic E-state index is 0.255. The van der Waals surface area contributed by atoms with Crippen molar-refractivity contribution in [1.29, 1.82) is 0 Å². The highest BCUT2D eigenvalue weighted by Crippen LogP contribution is 2.40. The number of alkyl halides is 3. The summed E-state index contributed by atoms with van der Waals surface area (Å²) < 4.78 is 38.0. The van der Waals surface area contributed by atoms with E-state index in [2.05, 4.69) is 15.3 Å². The predicted molar refractivity (Wildman–Crippen MR) is 72.2 cm³/mol. The lowest BCUT2D eigenvalue weighted by atomic mass is 10.2. The van der Waals surface area contributed by atoms with Crippen molar-refractivity contribution in [3.8, 4) is 0 Å². The summed E-state index contributed by atoms with van der Waals surface area (Å²) in [7, 11) is 1.72. The zero-order valence-corrected chi connectivity index (χ0v) is 11.9. The Bertz CT molecular complexity index is 483. The third kappa shape index (κ3) is 3.32. The second kappa shape index (κ2) is 5.46. The molecule has 0 spiro atoms. The summed E-state index contributed by atoms with van der Waals surface area (Å²) in [6, 6.07) is 0. The number of hydrogen-bond acceptors (Lipinski definition) is 4. The van der Waals surface area contributed by atoms with E-state index in [1.54, 1.807) is 20.9 Å². The van der Waals surface area contributed by atoms with Crippen LogP contribution in [0.25, 0.3) is 0 Å². The summed E-state index contributed by atoms with van der Waals surface area (Å²) in [5.74, 6) is 1.94. The number of hydrogen-bond donors (Lipinski definition) is 1. The summed E-state index contributed by atoms with van der Waals surface area (Å²) in [4.78, 5) is 10.0. The molecule has 1 aromatic rings. The molecule has 0 aromatic carbocycles. The average molecular weight is 288 g/mol. The molecule has 7 heteroatoms. The van der Waals surface area contributed by atoms with Crippen LogP contribution in [0.15, 0.2) is 0 Å². The normalized spacial score (nSPS) is 15.3. The molecule has 2 rings (SSSR count). The van der Waals surface area contributed by atoms with Crippen LogP contribution in [0, 0.1) is 6.92 Å². The van der Waals surface area contributed by atoms with Gasteiger partial charge in [0.15, 0.2) is 0 Å². The Hall–Kier alpha value is -1.53. The van der Waals surface area contributed by atoms with Crippen molar-refractivity contribution in [2.45, 2.75) is 38.8 Å². The van der Waals surface area contributed by atoms with Gasteiger partial charge in [-0.3, -0.25) is 0 Å². The standard InChI is InChI=1S/C13H19F3N4/c1-4-20(7-13(14,15)16)12-8(2)10(17-3)18-11(19-12)9-5-6-9/h9H,4-7H2,1-3H3,(H,17,18,19). The Morgan fingerprint density at radius 2 is 1.95 bits per heavy atom. The van der Waals surface area contributed by atoms with Crippen molar-refractivity contribution in [3.05, 3.63) is 11.4 Å². The van der Waals surface area contributed by atoms with E-state index >= 15 is 0 Å². The lowest BCUT2D eigenvalue weighted by Crippen LogP contribution is -2.35. The molecular weight excluding hydrogens is 269 g/mol. The first kappa shape index (κ1) is 14.9. The molecule has 1 aromatic heterocycles. The van der Waals surface area contributed by atoms with Crippen LogP contribution in [-0.2, 0) is 0 Å². The van der Waals surface area contributed by atoms with Crippen molar-refractivity contribution in [2.24, 2.45) is 0 Å². The lowest BCUT2D eigenvalue weighted by molar-refractivity contribution is -0.119. The average Bonchev–Trinajstić information content (AvgIpc) is 3.19. The molecule has 0 bridgehead atoms. The zero-order valence-electron chi connectivity index (χ0n) is 11.9. The summed E-state index contributed by atoms with van der Waals surface area (Å²) >= 11 is 0. The van der Waals surface area contributed by atoms with Gasteiger partial charge < -0.3 is 10.2 Å². The van der Waals surface area contributed by atoms with Gasteiger partial charge in [0.1, 0.15) is 24.0 Å². The minimum Gasteiger partial charge on any atom is -0.373 e. The van der Waals surface area contributed by atoms with Crippen LogP contribution >= 0.6 is 0 Å². The van der Waals surface area contributed by atoms with Gasteiger partial charge in [-0.15, -0.1) is 0 Å². The highest BCUT2D eigenvalue weighted by molar-refractivity contribution is 5.58. The van der Waals surface area contributed by atoms with Crippen LogP contribution in [0.2, 0.25) is 0 Å². The van der Waals surface area contributed by atoms with Gasteiger partial charge in [0.05, 0.1) is 0 Å². The monoisotopic (exact) mass is 288 g/mol. The van der Waals surface area contributed by atoms with Gasteiger partial charge in [0, 0.05) is 25.1 Å². The molecular formula is C13H19F3N4. The van der Waals surface area contributed by atoms with E-state index in [-0.39, 0.29) is 6.54 Å². The molecule has 1 heterocycles. The molecule has 1 N–H and O–H groups in total. The third-order valence-electron chi connectivity index (χ3n) is 3.37. The molecule has 4 nitrogen and oxygen atoms in total. The van der Waals surface area contributed by atoms with Crippen LogP contribution in [0.5, 0.6) is 0 Å². The van der Waals surface area contributed by atoms with Crippen LogP contribution in [0.4, 0.5) is 24.8 Å². The zero-order chi connectivity index (χ0) is 14.9. The first-order valence-electron chi connectivity index (χ1n) is 6.73. The van der Waals surface area contributed by atoms with Gasteiger partial charge >= 0.3 is 6.18 Å². The van der Waals surface area contributed by atoms with Gasteiger partial charge in [-0.05, 0) is 26.7 Å². The first-order chi connectivity index (χ1) is 9.35. The molecule has 0 radical (unpaired) electrons. The predicted octanol–water partition coefficient (Wildman–Crippen LogP) is 3.09. The maximum atomic E-state index is 12.7. The van der Waals surface area contributed by atoms with Crippen molar-refractivity contribution in [1.82, 2.24) is 9.97 Å². The van der Waals surface area contributed by atoms with E-state index in [4.69, 9.17) is 0 Å². The number of aromatic nitrogens is 2. The molecule has 1 aliphatic carbocycles. The quantitative estimate of drug-likeness (QED) is 0.904. The van der Waals surface area contributed by atoms with Crippen molar-refractivity contribution in [3.63, 3.8) is 0 Å².